The predicted octanol–water partition coefficient (Wildman–Crippen LogP) is 2.15. The monoisotopic (exact) mass is 334 g/mol. The number of hydrogen-bond acceptors (Lipinski definition) is 5. The third kappa shape index (κ3) is 2.36. The number of aromatic nitrogens is 4. The first-order valence-electron chi connectivity index (χ1n) is 6.13. The van der Waals surface area contributed by atoms with Crippen LogP contribution in [0.2, 0.25) is 0 Å². The van der Waals surface area contributed by atoms with Crippen LogP contribution in [0, 0.1) is 0 Å². The molecule has 1 aromatic carbocycles. The maximum atomic E-state index is 12.4. The van der Waals surface area contributed by atoms with E-state index in [1.807, 2.05) is 13.0 Å². The second-order valence-electron chi connectivity index (χ2n) is 4.30. The van der Waals surface area contributed by atoms with Gasteiger partial charge in [0.25, 0.3) is 5.56 Å². The average molecular weight is 335 g/mol. The van der Waals surface area contributed by atoms with Crippen molar-refractivity contribution in [2.75, 3.05) is 0 Å². The Hall–Kier alpha value is -2.02. The minimum Gasteiger partial charge on any atom is -0.337 e. The average Bonchev–Trinajstić information content (AvgIpc) is 2.90. The molecular formula is C13H11BrN4O2. The van der Waals surface area contributed by atoms with E-state index in [1.165, 1.54) is 10.9 Å². The van der Waals surface area contributed by atoms with Crippen LogP contribution in [0.1, 0.15) is 18.6 Å². The lowest BCUT2D eigenvalue weighted by molar-refractivity contribution is 0.365. The summed E-state index contributed by atoms with van der Waals surface area (Å²) < 4.78 is 7.39. The smallest absolute Gasteiger partial charge is 0.261 e. The Kier molecular flexibility index (Phi) is 3.35. The van der Waals surface area contributed by atoms with Gasteiger partial charge in [-0.15, -0.1) is 0 Å². The van der Waals surface area contributed by atoms with E-state index >= 15 is 0 Å². The molecule has 2 heterocycles. The molecule has 7 heteroatoms. The number of fused-ring (bicyclic) bond motifs is 1. The summed E-state index contributed by atoms with van der Waals surface area (Å²) in [6, 6.07) is 5.41. The van der Waals surface area contributed by atoms with Crippen LogP contribution in [-0.2, 0) is 13.0 Å². The van der Waals surface area contributed by atoms with Gasteiger partial charge in [-0.1, -0.05) is 28.0 Å². The molecule has 102 valence electrons. The third-order valence-electron chi connectivity index (χ3n) is 2.92. The number of halogens is 1. The van der Waals surface area contributed by atoms with Crippen LogP contribution in [0.15, 0.2) is 38.3 Å². The first-order valence-corrected chi connectivity index (χ1v) is 6.93. The first-order chi connectivity index (χ1) is 9.67. The van der Waals surface area contributed by atoms with Crippen LogP contribution in [-0.4, -0.2) is 19.7 Å². The van der Waals surface area contributed by atoms with Gasteiger partial charge in [0, 0.05) is 10.9 Å². The molecule has 0 bridgehead atoms. The largest absolute Gasteiger partial charge is 0.337 e. The zero-order valence-electron chi connectivity index (χ0n) is 10.7. The lowest BCUT2D eigenvalue weighted by Gasteiger charge is -2.03. The van der Waals surface area contributed by atoms with Gasteiger partial charge in [-0.05, 0) is 18.2 Å². The standard InChI is InChI=1S/C13H11BrN4O2/c1-2-11-16-12(20-17-11)6-18-7-15-10-4-3-8(14)5-9(10)13(18)19/h3-5,7H,2,6H2,1H3. The van der Waals surface area contributed by atoms with Crippen molar-refractivity contribution in [1.82, 2.24) is 19.7 Å². The minimum atomic E-state index is -0.132. The maximum absolute atomic E-state index is 12.4. The molecule has 0 saturated carbocycles. The second-order valence-corrected chi connectivity index (χ2v) is 5.21. The Balaban J connectivity index is 2.03. The Morgan fingerprint density at radius 2 is 2.25 bits per heavy atom. The number of benzene rings is 1. The number of nitrogens with zero attached hydrogens (tertiary/aromatic N) is 4. The molecule has 3 rings (SSSR count). The van der Waals surface area contributed by atoms with Crippen LogP contribution in [0.3, 0.4) is 0 Å². The van der Waals surface area contributed by atoms with Crippen LogP contribution >= 0.6 is 15.9 Å². The van der Waals surface area contributed by atoms with Crippen molar-refractivity contribution in [2.45, 2.75) is 19.9 Å². The highest BCUT2D eigenvalue weighted by Crippen LogP contribution is 2.15. The summed E-state index contributed by atoms with van der Waals surface area (Å²) in [5.41, 5.74) is 0.529. The van der Waals surface area contributed by atoms with Gasteiger partial charge in [0.15, 0.2) is 5.82 Å². The quantitative estimate of drug-likeness (QED) is 0.733. The molecule has 0 unspecified atom stereocenters. The van der Waals surface area contributed by atoms with Crippen LogP contribution in [0.25, 0.3) is 10.9 Å². The molecule has 6 nitrogen and oxygen atoms in total. The van der Waals surface area contributed by atoms with Gasteiger partial charge in [0.2, 0.25) is 5.89 Å². The van der Waals surface area contributed by atoms with Crippen molar-refractivity contribution in [2.24, 2.45) is 0 Å². The van der Waals surface area contributed by atoms with Gasteiger partial charge in [-0.2, -0.15) is 4.98 Å². The molecule has 0 aliphatic rings. The maximum Gasteiger partial charge on any atom is 0.261 e. The van der Waals surface area contributed by atoms with Crippen molar-refractivity contribution in [3.63, 3.8) is 0 Å². The zero-order valence-corrected chi connectivity index (χ0v) is 12.3. The van der Waals surface area contributed by atoms with E-state index in [0.717, 1.165) is 4.47 Å². The van der Waals surface area contributed by atoms with Gasteiger partial charge in [0.1, 0.15) is 6.54 Å². The van der Waals surface area contributed by atoms with E-state index in [1.54, 1.807) is 12.1 Å². The zero-order chi connectivity index (χ0) is 14.1. The summed E-state index contributed by atoms with van der Waals surface area (Å²) in [5, 5.41) is 4.36. The molecule has 0 N–H and O–H groups in total. The van der Waals surface area contributed by atoms with Crippen molar-refractivity contribution >= 4 is 26.8 Å². The van der Waals surface area contributed by atoms with E-state index in [-0.39, 0.29) is 12.1 Å². The SMILES string of the molecule is CCc1noc(Cn2cnc3ccc(Br)cc3c2=O)n1. The molecule has 0 amide bonds. The molecule has 2 aromatic heterocycles. The second kappa shape index (κ2) is 5.16. The van der Waals surface area contributed by atoms with E-state index in [4.69, 9.17) is 4.52 Å². The summed E-state index contributed by atoms with van der Waals surface area (Å²) >= 11 is 3.35. The normalized spacial score (nSPS) is 11.1. The number of aryl methyl sites for hydroxylation is 1. The molecule has 0 fully saturated rings. The highest BCUT2D eigenvalue weighted by Gasteiger charge is 2.09. The summed E-state index contributed by atoms with van der Waals surface area (Å²) in [4.78, 5) is 20.8. The van der Waals surface area contributed by atoms with Gasteiger partial charge in [-0.3, -0.25) is 9.36 Å². The predicted molar refractivity (Wildman–Crippen MR) is 76.5 cm³/mol. The van der Waals surface area contributed by atoms with Crippen LogP contribution in [0.5, 0.6) is 0 Å². The summed E-state index contributed by atoms with van der Waals surface area (Å²) in [5.74, 6) is 1.03. The lowest BCUT2D eigenvalue weighted by atomic mass is 10.2. The number of rotatable bonds is 3. The van der Waals surface area contributed by atoms with Gasteiger partial charge in [0.05, 0.1) is 17.2 Å². The van der Waals surface area contributed by atoms with Crippen LogP contribution < -0.4 is 5.56 Å². The molecule has 3 aromatic rings. The molecule has 20 heavy (non-hydrogen) atoms. The molecule has 0 spiro atoms. The molecule has 0 radical (unpaired) electrons. The Morgan fingerprint density at radius 1 is 1.40 bits per heavy atom. The highest BCUT2D eigenvalue weighted by atomic mass is 79.9. The molecule has 0 aliphatic heterocycles. The van der Waals surface area contributed by atoms with Gasteiger partial charge >= 0.3 is 0 Å². The fourth-order valence-electron chi connectivity index (χ4n) is 1.89. The fourth-order valence-corrected chi connectivity index (χ4v) is 2.25. The molecular weight excluding hydrogens is 324 g/mol. The Bertz CT molecular complexity index is 825. The molecule has 0 aliphatic carbocycles. The summed E-state index contributed by atoms with van der Waals surface area (Å²) in [6.07, 6.45) is 2.19. The van der Waals surface area contributed by atoms with Gasteiger partial charge in [-0.25, -0.2) is 4.98 Å². The minimum absolute atomic E-state index is 0.132. The summed E-state index contributed by atoms with van der Waals surface area (Å²) in [7, 11) is 0. The number of hydrogen-bond donors (Lipinski definition) is 0. The third-order valence-corrected chi connectivity index (χ3v) is 3.41. The Labute approximate surface area is 122 Å². The first kappa shape index (κ1) is 13.0. The van der Waals surface area contributed by atoms with Crippen LogP contribution in [0.4, 0.5) is 0 Å². The van der Waals surface area contributed by atoms with Crippen molar-refractivity contribution in [3.8, 4) is 0 Å². The lowest BCUT2D eigenvalue weighted by Crippen LogP contribution is -2.21. The summed E-state index contributed by atoms with van der Waals surface area (Å²) in [6.45, 7) is 2.16. The highest BCUT2D eigenvalue weighted by molar-refractivity contribution is 9.10. The topological polar surface area (TPSA) is 73.8 Å². The van der Waals surface area contributed by atoms with Crippen molar-refractivity contribution in [3.05, 3.63) is 51.1 Å². The van der Waals surface area contributed by atoms with Gasteiger partial charge < -0.3 is 4.52 Å². The van der Waals surface area contributed by atoms with Crippen molar-refractivity contribution < 1.29 is 4.52 Å². The van der Waals surface area contributed by atoms with Crippen molar-refractivity contribution in [1.29, 1.82) is 0 Å². The van der Waals surface area contributed by atoms with E-state index in [9.17, 15) is 4.79 Å². The molecule has 0 saturated heterocycles. The van der Waals surface area contributed by atoms with E-state index in [0.29, 0.717) is 29.0 Å². The molecule has 0 atom stereocenters. The Morgan fingerprint density at radius 3 is 3.00 bits per heavy atom. The van der Waals surface area contributed by atoms with E-state index in [2.05, 4.69) is 31.1 Å². The fraction of sp³-hybridized carbons (Fsp3) is 0.231. The van der Waals surface area contributed by atoms with E-state index < -0.39 is 0 Å².